The van der Waals surface area contributed by atoms with Crippen molar-refractivity contribution in [2.75, 3.05) is 14.7 Å². The van der Waals surface area contributed by atoms with Crippen LogP contribution in [0.2, 0.25) is 0 Å². The molecule has 2 heterocycles. The molecule has 0 aliphatic heterocycles. The van der Waals surface area contributed by atoms with Gasteiger partial charge in [0.25, 0.3) is 0 Å². The van der Waals surface area contributed by atoms with Crippen molar-refractivity contribution in [3.63, 3.8) is 0 Å². The van der Waals surface area contributed by atoms with E-state index in [4.69, 9.17) is 8.83 Å². The highest BCUT2D eigenvalue weighted by Crippen LogP contribution is 2.57. The molecular weight excluding hydrogens is 1760 g/mol. The number of aryl methyl sites for hydroxylation is 6. The van der Waals surface area contributed by atoms with E-state index in [9.17, 15) is 0 Å². The molecule has 24 aromatic carbocycles. The fourth-order valence-corrected chi connectivity index (χ4v) is 23.5. The molecule has 0 radical (unpaired) electrons. The van der Waals surface area contributed by atoms with Gasteiger partial charge in [0, 0.05) is 101 Å². The van der Waals surface area contributed by atoms with Crippen molar-refractivity contribution in [3.05, 3.63) is 411 Å². The van der Waals surface area contributed by atoms with E-state index in [1.54, 1.807) is 0 Å². The molecule has 0 saturated carbocycles. The quantitative estimate of drug-likeness (QED) is 0.106. The van der Waals surface area contributed by atoms with Gasteiger partial charge in [-0.3, -0.25) is 0 Å². The fraction of sp³-hybridized carbons (Fsp3) is 0.0667. The van der Waals surface area contributed by atoms with Crippen LogP contribution in [0.5, 0.6) is 0 Å². The molecule has 614 valence electrons. The van der Waals surface area contributed by atoms with Gasteiger partial charge in [0.2, 0.25) is 0 Å². The van der Waals surface area contributed by atoms with E-state index >= 15 is 0 Å². The summed E-state index contributed by atoms with van der Waals surface area (Å²) in [5, 5.41) is 38.0. The van der Waals surface area contributed by atoms with Gasteiger partial charge < -0.3 is 23.5 Å². The van der Waals surface area contributed by atoms with Gasteiger partial charge in [0.1, 0.15) is 11.2 Å². The first-order chi connectivity index (χ1) is 61.8. The summed E-state index contributed by atoms with van der Waals surface area (Å²) in [5.41, 5.74) is 21.1. The highest BCUT2D eigenvalue weighted by molar-refractivity contribution is 9.11. The van der Waals surface area contributed by atoms with Crippen molar-refractivity contribution in [1.29, 1.82) is 0 Å². The molecule has 26 rings (SSSR count). The number of nitrogens with zero attached hydrogens (tertiary/aromatic N) is 3. The standard InChI is InChI=1S/C56H38N2O.C40H26BrNO.C22H14Br2.2CH4/c1-35-33-50(57(38-19-5-3-6-20-38)47-28-15-18-37-17-9-10-23-41(37)47)53-44-26-12-11-25-43(44)52-36(2)34-49(46-32-31-40(35)54(53)55(46)52)58(39-21-7-4-8-22-39)48-29-16-27-45-42-24-13-14-30-51(42)59-56(45)48;1-23-21-32(41)37-29-15-7-6-14-28(29)36-24(2)22-34(31-20-19-26(23)38(37)39(31)36)42(25-11-4-3-5-12-25)33-17-10-16-30-27-13-8-9-18-35(27)43-40(30)33;1-11-9-18(24)20-15-6-4-3-5-14(15)19-12(2)10-17(23)16-8-7-13(11)21(20)22(16)19;;/h3-34H,1-2H3;3-22H,1-2H3;3-10H,1-2H3;2*1H4. The summed E-state index contributed by atoms with van der Waals surface area (Å²) in [6.45, 7) is 13.4. The lowest BCUT2D eigenvalue weighted by Gasteiger charge is -2.31. The van der Waals surface area contributed by atoms with Gasteiger partial charge >= 0.3 is 0 Å². The monoisotopic (exact) mass is 1840 g/mol. The Kier molecular flexibility index (Phi) is 19.4. The molecule has 128 heavy (non-hydrogen) atoms. The van der Waals surface area contributed by atoms with Crippen LogP contribution in [0.1, 0.15) is 48.2 Å². The highest BCUT2D eigenvalue weighted by Gasteiger charge is 2.31. The van der Waals surface area contributed by atoms with Crippen molar-refractivity contribution in [3.8, 4) is 0 Å². The second-order valence-electron chi connectivity index (χ2n) is 33.8. The van der Waals surface area contributed by atoms with Crippen LogP contribution in [0, 0.1) is 41.5 Å². The summed E-state index contributed by atoms with van der Waals surface area (Å²) in [4.78, 5) is 7.28. The first kappa shape index (κ1) is 79.8. The fourth-order valence-electron chi connectivity index (χ4n) is 21.3. The Morgan fingerprint density at radius 1 is 0.180 bits per heavy atom. The van der Waals surface area contributed by atoms with Crippen LogP contribution in [-0.4, -0.2) is 0 Å². The van der Waals surface area contributed by atoms with Gasteiger partial charge in [-0.05, 0) is 270 Å². The van der Waals surface area contributed by atoms with Gasteiger partial charge in [-0.25, -0.2) is 0 Å². The zero-order chi connectivity index (χ0) is 84.6. The van der Waals surface area contributed by atoms with Crippen LogP contribution < -0.4 is 14.7 Å². The largest absolute Gasteiger partial charge is 0.454 e. The number of benzene rings is 24. The number of para-hydroxylation sites is 7. The molecule has 5 nitrogen and oxygen atoms in total. The Morgan fingerprint density at radius 2 is 0.461 bits per heavy atom. The normalized spacial score (nSPS) is 11.8. The van der Waals surface area contributed by atoms with Crippen LogP contribution in [0.15, 0.2) is 386 Å². The van der Waals surface area contributed by atoms with E-state index in [0.717, 1.165) is 99.5 Å². The number of hydrogen-bond donors (Lipinski definition) is 0. The van der Waals surface area contributed by atoms with E-state index in [-0.39, 0.29) is 14.9 Å². The average molecular weight is 1840 g/mol. The average Bonchev–Trinajstić information content (AvgIpc) is 0.766. The number of anilines is 9. The lowest BCUT2D eigenvalue weighted by Crippen LogP contribution is -2.13. The number of hydrogen-bond acceptors (Lipinski definition) is 5. The molecule has 0 N–H and O–H groups in total. The molecule has 0 bridgehead atoms. The Balaban J connectivity index is 0.000000122. The second kappa shape index (κ2) is 31.2. The van der Waals surface area contributed by atoms with Crippen molar-refractivity contribution < 1.29 is 8.83 Å². The van der Waals surface area contributed by atoms with Crippen LogP contribution in [0.4, 0.5) is 51.2 Å². The van der Waals surface area contributed by atoms with E-state index in [0.29, 0.717) is 0 Å². The molecule has 0 unspecified atom stereocenters. The number of halogens is 3. The maximum absolute atomic E-state index is 6.75. The lowest BCUT2D eigenvalue weighted by molar-refractivity contribution is 0.669. The van der Waals surface area contributed by atoms with Crippen LogP contribution in [0.3, 0.4) is 0 Å². The van der Waals surface area contributed by atoms with E-state index < -0.39 is 0 Å². The summed E-state index contributed by atoms with van der Waals surface area (Å²) in [6, 6.07) is 132. The molecule has 0 fully saturated rings. The molecule has 0 aliphatic rings. The summed E-state index contributed by atoms with van der Waals surface area (Å²) < 4.78 is 16.8. The van der Waals surface area contributed by atoms with Gasteiger partial charge in [-0.15, -0.1) is 0 Å². The lowest BCUT2D eigenvalue weighted by atomic mass is 9.84. The van der Waals surface area contributed by atoms with Gasteiger partial charge in [-0.2, -0.15) is 0 Å². The SMILES string of the molecule is C.C.Cc1cc(Br)c2c3ccccc3c3c(C)cc(Br)c4ccc1c2c43.Cc1cc(Br)c2c3ccccc3c3c(C)cc(N(c4ccccc4)c4cccc5c4oc4ccccc45)c4ccc1c2c43.Cc1cc(N(c2ccccc2)c2cccc3ccccc23)c2c3ccccc3c3c(C)cc(N(c4ccccc4)c4cccc5c4oc4ccccc45)c4ccc1c2c43. The molecule has 0 amide bonds. The molecule has 0 spiro atoms. The van der Waals surface area contributed by atoms with Gasteiger partial charge in [-0.1, -0.05) is 323 Å². The van der Waals surface area contributed by atoms with Crippen molar-refractivity contribution in [2.24, 2.45) is 0 Å². The topological polar surface area (TPSA) is 36.0 Å². The van der Waals surface area contributed by atoms with Gasteiger partial charge in [0.15, 0.2) is 11.2 Å². The molecule has 2 aromatic heterocycles. The van der Waals surface area contributed by atoms with Crippen molar-refractivity contribution in [1.82, 2.24) is 0 Å². The van der Waals surface area contributed by atoms with Crippen LogP contribution in [0.25, 0.3) is 184 Å². The van der Waals surface area contributed by atoms with Crippen LogP contribution >= 0.6 is 47.8 Å². The Morgan fingerprint density at radius 3 is 0.906 bits per heavy atom. The minimum Gasteiger partial charge on any atom is -0.454 e. The second-order valence-corrected chi connectivity index (χ2v) is 36.4. The summed E-state index contributed by atoms with van der Waals surface area (Å²) in [5.74, 6) is 0. The van der Waals surface area contributed by atoms with E-state index in [1.165, 1.54) is 182 Å². The minimum atomic E-state index is 0. The predicted molar refractivity (Wildman–Crippen MR) is 564 cm³/mol. The first-order valence-electron chi connectivity index (χ1n) is 43.0. The summed E-state index contributed by atoms with van der Waals surface area (Å²) in [6.07, 6.45) is 0. The number of fused-ring (bicyclic) bond motifs is 16. The molecule has 0 atom stereocenters. The minimum absolute atomic E-state index is 0. The smallest absolute Gasteiger partial charge is 0.159 e. The van der Waals surface area contributed by atoms with Crippen LogP contribution in [-0.2, 0) is 0 Å². The maximum Gasteiger partial charge on any atom is 0.159 e. The third-order valence-corrected chi connectivity index (χ3v) is 28.5. The van der Waals surface area contributed by atoms with E-state index in [2.05, 4.69) is 456 Å². The molecule has 0 saturated heterocycles. The Hall–Kier alpha value is -14.1. The third-order valence-electron chi connectivity index (χ3n) is 26.6. The Labute approximate surface area is 767 Å². The zero-order valence-corrected chi connectivity index (χ0v) is 74.7. The molecular formula is C120H86Br3N3O2. The van der Waals surface area contributed by atoms with Gasteiger partial charge in [0.05, 0.1) is 34.1 Å². The predicted octanol–water partition coefficient (Wildman–Crippen LogP) is 38.0. The number of rotatable bonds is 9. The molecule has 8 heteroatoms. The molecule has 26 aromatic rings. The maximum atomic E-state index is 6.75. The van der Waals surface area contributed by atoms with Crippen molar-refractivity contribution >= 4 is 283 Å². The summed E-state index contributed by atoms with van der Waals surface area (Å²) in [7, 11) is 0. The first-order valence-corrected chi connectivity index (χ1v) is 45.4. The highest BCUT2D eigenvalue weighted by atomic mass is 79.9. The zero-order valence-electron chi connectivity index (χ0n) is 69.9. The van der Waals surface area contributed by atoms with Crippen molar-refractivity contribution in [2.45, 2.75) is 56.4 Å². The number of furan rings is 2. The Bertz CT molecular complexity index is 8880. The molecule has 0 aliphatic carbocycles. The third kappa shape index (κ3) is 12.1. The summed E-state index contributed by atoms with van der Waals surface area (Å²) >= 11 is 11.6. The van der Waals surface area contributed by atoms with E-state index in [1.807, 2.05) is 12.1 Å².